The van der Waals surface area contributed by atoms with Gasteiger partial charge in [0.1, 0.15) is 17.4 Å². The molecule has 27 heavy (non-hydrogen) atoms. The molecular formula is C21H22F2N2O2. The van der Waals surface area contributed by atoms with Gasteiger partial charge in [-0.25, -0.2) is 8.78 Å². The summed E-state index contributed by atoms with van der Waals surface area (Å²) < 4.78 is 32.7. The lowest BCUT2D eigenvalue weighted by Gasteiger charge is -2.07. The molecule has 4 nitrogen and oxygen atoms in total. The molecule has 142 valence electrons. The van der Waals surface area contributed by atoms with Gasteiger partial charge in [-0.05, 0) is 67.0 Å². The Hall–Kier alpha value is -2.50. The summed E-state index contributed by atoms with van der Waals surface area (Å²) in [5, 5.41) is 2.86. The van der Waals surface area contributed by atoms with Gasteiger partial charge in [0.15, 0.2) is 0 Å². The summed E-state index contributed by atoms with van der Waals surface area (Å²) >= 11 is 0. The highest BCUT2D eigenvalue weighted by molar-refractivity contribution is 5.82. The number of carbonyl (C=O) groups is 1. The first-order valence-corrected chi connectivity index (χ1v) is 9.40. The molecule has 6 heteroatoms. The summed E-state index contributed by atoms with van der Waals surface area (Å²) in [5.41, 5.74) is 1.16. The molecule has 1 heterocycles. The van der Waals surface area contributed by atoms with E-state index in [2.05, 4.69) is 10.3 Å². The van der Waals surface area contributed by atoms with Crippen molar-refractivity contribution in [1.82, 2.24) is 10.3 Å². The molecule has 0 saturated heterocycles. The molecule has 0 radical (unpaired) electrons. The molecule has 0 aliphatic heterocycles. The molecule has 2 aromatic rings. The van der Waals surface area contributed by atoms with Gasteiger partial charge in [-0.15, -0.1) is 0 Å². The van der Waals surface area contributed by atoms with Crippen molar-refractivity contribution in [3.05, 3.63) is 59.4 Å². The van der Waals surface area contributed by atoms with E-state index in [4.69, 9.17) is 4.74 Å². The maximum atomic E-state index is 13.8. The molecular weight excluding hydrogens is 350 g/mol. The third kappa shape index (κ3) is 4.62. The fourth-order valence-electron chi connectivity index (χ4n) is 3.21. The fourth-order valence-corrected chi connectivity index (χ4v) is 3.21. The maximum Gasteiger partial charge on any atom is 0.223 e. The second kappa shape index (κ2) is 7.62. The molecule has 2 saturated carbocycles. The Kier molecular flexibility index (Phi) is 5.05. The zero-order valence-electron chi connectivity index (χ0n) is 15.0. The number of hydrogen-bond acceptors (Lipinski definition) is 3. The normalized spacial score (nSPS) is 21.0. The third-order valence-corrected chi connectivity index (χ3v) is 5.15. The molecule has 1 amide bonds. The van der Waals surface area contributed by atoms with Crippen molar-refractivity contribution < 1.29 is 18.3 Å². The lowest BCUT2D eigenvalue weighted by atomic mass is 10.1. The summed E-state index contributed by atoms with van der Waals surface area (Å²) in [6, 6.07) is 7.18. The quantitative estimate of drug-likeness (QED) is 0.770. The van der Waals surface area contributed by atoms with Crippen LogP contribution in [0.15, 0.2) is 36.5 Å². The molecule has 1 aromatic carbocycles. The highest BCUT2D eigenvalue weighted by Crippen LogP contribution is 2.48. The standard InChI is InChI=1S/C21H22F2N2O2/c22-14-3-6-20(23)18(9-14)17-10-19(17)21(26)24-8-7-15-4-5-16(11-25-15)27-12-13-1-2-13/h3-6,9,11,13,17,19H,1-2,7-8,10,12H2,(H,24,26). The van der Waals surface area contributed by atoms with Gasteiger partial charge in [-0.3, -0.25) is 9.78 Å². The Bertz CT molecular complexity index is 821. The molecule has 0 spiro atoms. The fraction of sp³-hybridized carbons (Fsp3) is 0.429. The van der Waals surface area contributed by atoms with E-state index in [1.807, 2.05) is 12.1 Å². The number of rotatable bonds is 8. The van der Waals surface area contributed by atoms with Crippen LogP contribution in [0.1, 0.15) is 36.4 Å². The third-order valence-electron chi connectivity index (χ3n) is 5.15. The van der Waals surface area contributed by atoms with Crippen LogP contribution < -0.4 is 10.1 Å². The van der Waals surface area contributed by atoms with Crippen molar-refractivity contribution in [2.75, 3.05) is 13.2 Å². The number of pyridine rings is 1. The smallest absolute Gasteiger partial charge is 0.223 e. The second-order valence-electron chi connectivity index (χ2n) is 7.40. The monoisotopic (exact) mass is 372 g/mol. The zero-order chi connectivity index (χ0) is 18.8. The first kappa shape index (κ1) is 17.9. The Labute approximate surface area is 157 Å². The van der Waals surface area contributed by atoms with Crippen LogP contribution in [-0.4, -0.2) is 24.0 Å². The minimum Gasteiger partial charge on any atom is -0.492 e. The molecule has 1 N–H and O–H groups in total. The minimum atomic E-state index is -0.479. The van der Waals surface area contributed by atoms with E-state index in [9.17, 15) is 13.6 Å². The summed E-state index contributed by atoms with van der Waals surface area (Å²) in [6.45, 7) is 1.22. The zero-order valence-corrected chi connectivity index (χ0v) is 15.0. The largest absolute Gasteiger partial charge is 0.492 e. The highest BCUT2D eigenvalue weighted by Gasteiger charge is 2.45. The van der Waals surface area contributed by atoms with E-state index < -0.39 is 11.6 Å². The van der Waals surface area contributed by atoms with E-state index in [0.717, 1.165) is 30.2 Å². The summed E-state index contributed by atoms with van der Waals surface area (Å²) in [4.78, 5) is 16.6. The van der Waals surface area contributed by atoms with Crippen molar-refractivity contribution in [2.24, 2.45) is 11.8 Å². The van der Waals surface area contributed by atoms with E-state index >= 15 is 0 Å². The first-order valence-electron chi connectivity index (χ1n) is 9.40. The van der Waals surface area contributed by atoms with E-state index in [1.54, 1.807) is 6.20 Å². The van der Waals surface area contributed by atoms with Crippen molar-refractivity contribution in [3.63, 3.8) is 0 Å². The average Bonchev–Trinajstić information content (AvgIpc) is 3.57. The predicted octanol–water partition coefficient (Wildman–Crippen LogP) is 3.61. The Morgan fingerprint density at radius 2 is 2.07 bits per heavy atom. The van der Waals surface area contributed by atoms with Gasteiger partial charge < -0.3 is 10.1 Å². The molecule has 4 rings (SSSR count). The minimum absolute atomic E-state index is 0.118. The number of aromatic nitrogens is 1. The Morgan fingerprint density at radius 1 is 1.22 bits per heavy atom. The van der Waals surface area contributed by atoms with Crippen LogP contribution in [-0.2, 0) is 11.2 Å². The SMILES string of the molecule is O=C(NCCc1ccc(OCC2CC2)cn1)C1CC1c1cc(F)ccc1F. The highest BCUT2D eigenvalue weighted by atomic mass is 19.1. The van der Waals surface area contributed by atoms with E-state index in [1.165, 1.54) is 18.9 Å². The van der Waals surface area contributed by atoms with Gasteiger partial charge in [0.05, 0.1) is 12.8 Å². The van der Waals surface area contributed by atoms with Crippen LogP contribution in [0.3, 0.4) is 0 Å². The van der Waals surface area contributed by atoms with Crippen LogP contribution in [0.2, 0.25) is 0 Å². The van der Waals surface area contributed by atoms with Crippen LogP contribution in [0.5, 0.6) is 5.75 Å². The lowest BCUT2D eigenvalue weighted by Crippen LogP contribution is -2.27. The van der Waals surface area contributed by atoms with Crippen molar-refractivity contribution >= 4 is 5.91 Å². The summed E-state index contributed by atoms with van der Waals surface area (Å²) in [5.74, 6) is -0.0974. The lowest BCUT2D eigenvalue weighted by molar-refractivity contribution is -0.122. The topological polar surface area (TPSA) is 51.2 Å². The number of nitrogens with zero attached hydrogens (tertiary/aromatic N) is 1. The molecule has 1 aromatic heterocycles. The number of halogens is 2. The van der Waals surface area contributed by atoms with Crippen molar-refractivity contribution in [3.8, 4) is 5.75 Å². The number of ether oxygens (including phenoxy) is 1. The number of nitrogens with one attached hydrogen (secondary N) is 1. The summed E-state index contributed by atoms with van der Waals surface area (Å²) in [6.07, 6.45) is 5.37. The molecule has 2 atom stereocenters. The second-order valence-corrected chi connectivity index (χ2v) is 7.40. The molecule has 0 bridgehead atoms. The molecule has 2 aliphatic rings. The Morgan fingerprint density at radius 3 is 2.81 bits per heavy atom. The number of carbonyl (C=O) groups excluding carboxylic acids is 1. The van der Waals surface area contributed by atoms with Gasteiger partial charge >= 0.3 is 0 Å². The van der Waals surface area contributed by atoms with E-state index in [0.29, 0.717) is 30.9 Å². The molecule has 2 unspecified atom stereocenters. The molecule has 2 fully saturated rings. The van der Waals surface area contributed by atoms with Gasteiger partial charge in [-0.2, -0.15) is 0 Å². The van der Waals surface area contributed by atoms with Crippen molar-refractivity contribution in [1.29, 1.82) is 0 Å². The summed E-state index contributed by atoms with van der Waals surface area (Å²) in [7, 11) is 0. The number of amides is 1. The number of hydrogen-bond donors (Lipinski definition) is 1. The van der Waals surface area contributed by atoms with Gasteiger partial charge in [-0.1, -0.05) is 0 Å². The van der Waals surface area contributed by atoms with E-state index in [-0.39, 0.29) is 17.7 Å². The predicted molar refractivity (Wildman–Crippen MR) is 96.4 cm³/mol. The van der Waals surface area contributed by atoms with Crippen LogP contribution in [0.25, 0.3) is 0 Å². The van der Waals surface area contributed by atoms with Crippen molar-refractivity contribution in [2.45, 2.75) is 31.6 Å². The van der Waals surface area contributed by atoms with Crippen LogP contribution >= 0.6 is 0 Å². The van der Waals surface area contributed by atoms with Gasteiger partial charge in [0.2, 0.25) is 5.91 Å². The van der Waals surface area contributed by atoms with Gasteiger partial charge in [0, 0.05) is 24.6 Å². The Balaban J connectivity index is 1.21. The number of benzene rings is 1. The van der Waals surface area contributed by atoms with Gasteiger partial charge in [0.25, 0.3) is 0 Å². The van der Waals surface area contributed by atoms with Crippen LogP contribution in [0.4, 0.5) is 8.78 Å². The maximum absolute atomic E-state index is 13.8. The molecule has 2 aliphatic carbocycles. The van der Waals surface area contributed by atoms with Crippen LogP contribution in [0, 0.1) is 23.5 Å². The first-order chi connectivity index (χ1) is 13.1. The average molecular weight is 372 g/mol.